The molecule has 2 nitrogen and oxygen atoms in total. The topological polar surface area (TPSA) is 17.8 Å². The van der Waals surface area contributed by atoms with E-state index in [4.69, 9.17) is 0 Å². The molecule has 0 saturated heterocycles. The monoisotopic (exact) mass is 454 g/mol. The average Bonchev–Trinajstić information content (AvgIpc) is 2.68. The Balaban J connectivity index is 2.15. The molecule has 1 aromatic heterocycles. The molecule has 0 spiro atoms. The van der Waals surface area contributed by atoms with Gasteiger partial charge >= 0.3 is 0 Å². The highest BCUT2D eigenvalue weighted by atomic mass is 127. The van der Waals surface area contributed by atoms with Crippen LogP contribution in [0.15, 0.2) is 18.5 Å². The maximum absolute atomic E-state index is 4.47. The van der Waals surface area contributed by atoms with E-state index in [1.165, 1.54) is 38.3 Å². The molecule has 0 unspecified atom stereocenters. The normalized spacial score (nSPS) is 11.2. The lowest BCUT2D eigenvalue weighted by molar-refractivity contribution is 0.591. The van der Waals surface area contributed by atoms with Crippen molar-refractivity contribution in [2.24, 2.45) is 0 Å². The Morgan fingerprint density at radius 3 is 2.65 bits per heavy atom. The quantitative estimate of drug-likeness (QED) is 0.468. The molecule has 4 heteroatoms. The summed E-state index contributed by atoms with van der Waals surface area (Å²) in [6.45, 7) is 3.34. The number of hydrogen-bond donors (Lipinski definition) is 0. The minimum atomic E-state index is 1.09. The number of aryl methyl sites for hydroxylation is 1. The predicted molar refractivity (Wildman–Crippen MR) is 89.3 cm³/mol. The number of imidazole rings is 1. The molecule has 0 aliphatic rings. The van der Waals surface area contributed by atoms with Gasteiger partial charge in [0.25, 0.3) is 0 Å². The largest absolute Gasteiger partial charge is 0.331 e. The van der Waals surface area contributed by atoms with Crippen LogP contribution in [-0.4, -0.2) is 9.55 Å². The average molecular weight is 454 g/mol. The van der Waals surface area contributed by atoms with Gasteiger partial charge in [-0.1, -0.05) is 26.2 Å². The van der Waals surface area contributed by atoms with Crippen LogP contribution in [-0.2, 0) is 6.54 Å². The van der Waals surface area contributed by atoms with E-state index in [2.05, 4.69) is 73.8 Å². The molecule has 0 aliphatic heterocycles. The molecule has 92 valence electrons. The van der Waals surface area contributed by atoms with Crippen LogP contribution in [0.3, 0.4) is 0 Å². The number of hydrogen-bond acceptors (Lipinski definition) is 1. The Hall–Kier alpha value is 0.150. The van der Waals surface area contributed by atoms with Crippen LogP contribution >= 0.6 is 45.2 Å². The van der Waals surface area contributed by atoms with E-state index in [0.717, 1.165) is 12.1 Å². The van der Waals surface area contributed by atoms with Crippen LogP contribution in [0.2, 0.25) is 0 Å². The van der Waals surface area contributed by atoms with Gasteiger partial charge in [0.05, 0.1) is 17.4 Å². The highest BCUT2D eigenvalue weighted by Gasteiger charge is 2.05. The number of aromatic nitrogens is 2. The van der Waals surface area contributed by atoms with Crippen LogP contribution < -0.4 is 0 Å². The molecule has 0 amide bonds. The number of halogens is 2. The van der Waals surface area contributed by atoms with E-state index in [0.29, 0.717) is 0 Å². The molecule has 1 heterocycles. The molecule has 2 rings (SSSR count). The van der Waals surface area contributed by atoms with E-state index in [1.54, 1.807) is 0 Å². The summed E-state index contributed by atoms with van der Waals surface area (Å²) in [4.78, 5) is 4.47. The molecule has 0 saturated carbocycles. The van der Waals surface area contributed by atoms with E-state index in [1.807, 2.05) is 6.33 Å². The van der Waals surface area contributed by atoms with Crippen molar-refractivity contribution in [2.45, 2.75) is 39.2 Å². The van der Waals surface area contributed by atoms with Gasteiger partial charge in [-0.3, -0.25) is 0 Å². The maximum Gasteiger partial charge on any atom is 0.0958 e. The zero-order valence-electron chi connectivity index (χ0n) is 9.92. The molecule has 0 N–H and O–H groups in total. The van der Waals surface area contributed by atoms with Crippen molar-refractivity contribution < 1.29 is 0 Å². The molecular formula is C13H16I2N2. The minimum Gasteiger partial charge on any atom is -0.331 e. The number of unbranched alkanes of at least 4 members (excludes halogenated alkanes) is 3. The van der Waals surface area contributed by atoms with E-state index in [9.17, 15) is 0 Å². The summed E-state index contributed by atoms with van der Waals surface area (Å²) in [5, 5.41) is 0. The summed E-state index contributed by atoms with van der Waals surface area (Å²) in [6, 6.07) is 4.41. The second kappa shape index (κ2) is 6.36. The third-order valence-electron chi connectivity index (χ3n) is 2.92. The van der Waals surface area contributed by atoms with Gasteiger partial charge in [0.1, 0.15) is 0 Å². The Morgan fingerprint density at radius 2 is 1.88 bits per heavy atom. The SMILES string of the molecule is CCCCCCn1cnc2cc(I)c(I)cc21. The third-order valence-corrected chi connectivity index (χ3v) is 5.73. The first-order chi connectivity index (χ1) is 8.22. The minimum absolute atomic E-state index is 1.09. The summed E-state index contributed by atoms with van der Waals surface area (Å²) in [5.41, 5.74) is 2.39. The van der Waals surface area contributed by atoms with Gasteiger partial charge in [0.2, 0.25) is 0 Å². The van der Waals surface area contributed by atoms with Gasteiger partial charge in [-0.15, -0.1) is 0 Å². The van der Waals surface area contributed by atoms with Crippen molar-refractivity contribution in [1.82, 2.24) is 9.55 Å². The van der Waals surface area contributed by atoms with Gasteiger partial charge in [-0.2, -0.15) is 0 Å². The van der Waals surface area contributed by atoms with Crippen LogP contribution in [0.5, 0.6) is 0 Å². The van der Waals surface area contributed by atoms with Gasteiger partial charge < -0.3 is 4.57 Å². The smallest absolute Gasteiger partial charge is 0.0958 e. The first-order valence-corrected chi connectivity index (χ1v) is 8.18. The molecule has 2 aromatic rings. The van der Waals surface area contributed by atoms with Gasteiger partial charge in [0, 0.05) is 13.7 Å². The molecule has 0 aliphatic carbocycles. The van der Waals surface area contributed by atoms with Crippen molar-refractivity contribution in [3.05, 3.63) is 25.6 Å². The van der Waals surface area contributed by atoms with Crippen LogP contribution in [0, 0.1) is 7.14 Å². The second-order valence-corrected chi connectivity index (χ2v) is 6.58. The fraction of sp³-hybridized carbons (Fsp3) is 0.462. The molecule has 0 fully saturated rings. The molecule has 1 aromatic carbocycles. The Bertz CT molecular complexity index is 505. The van der Waals surface area contributed by atoms with Crippen molar-refractivity contribution >= 4 is 56.2 Å². The van der Waals surface area contributed by atoms with E-state index in [-0.39, 0.29) is 0 Å². The van der Waals surface area contributed by atoms with E-state index < -0.39 is 0 Å². The Labute approximate surface area is 129 Å². The Kier molecular flexibility index (Phi) is 5.08. The standard InChI is InChI=1S/C13H16I2N2/c1-2-3-4-5-6-17-9-16-12-7-10(14)11(15)8-13(12)17/h7-9H,2-6H2,1H3. The summed E-state index contributed by atoms with van der Waals surface area (Å²) in [7, 11) is 0. The number of rotatable bonds is 5. The first-order valence-electron chi connectivity index (χ1n) is 6.02. The van der Waals surface area contributed by atoms with Crippen molar-refractivity contribution in [3.63, 3.8) is 0 Å². The molecule has 0 atom stereocenters. The lowest BCUT2D eigenvalue weighted by Gasteiger charge is -2.04. The number of benzene rings is 1. The van der Waals surface area contributed by atoms with E-state index >= 15 is 0 Å². The molecule has 17 heavy (non-hydrogen) atoms. The van der Waals surface area contributed by atoms with Crippen LogP contribution in [0.25, 0.3) is 11.0 Å². The Morgan fingerprint density at radius 1 is 1.12 bits per heavy atom. The predicted octanol–water partition coefficient (Wildman–Crippen LogP) is 4.83. The van der Waals surface area contributed by atoms with Crippen molar-refractivity contribution in [3.8, 4) is 0 Å². The number of nitrogens with zero attached hydrogens (tertiary/aromatic N) is 2. The summed E-state index contributed by atoms with van der Waals surface area (Å²) in [5.74, 6) is 0. The lowest BCUT2D eigenvalue weighted by Crippen LogP contribution is -1.96. The highest BCUT2D eigenvalue weighted by molar-refractivity contribution is 14.1. The van der Waals surface area contributed by atoms with Crippen molar-refractivity contribution in [2.75, 3.05) is 0 Å². The fourth-order valence-corrected chi connectivity index (χ4v) is 2.84. The zero-order valence-corrected chi connectivity index (χ0v) is 14.2. The summed E-state index contributed by atoms with van der Waals surface area (Å²) in [6.07, 6.45) is 7.17. The van der Waals surface area contributed by atoms with Gasteiger partial charge in [-0.25, -0.2) is 4.98 Å². The second-order valence-electron chi connectivity index (χ2n) is 4.25. The highest BCUT2D eigenvalue weighted by Crippen LogP contribution is 2.22. The summed E-state index contributed by atoms with van der Waals surface area (Å²) >= 11 is 4.75. The maximum atomic E-state index is 4.47. The van der Waals surface area contributed by atoms with Gasteiger partial charge in [-0.05, 0) is 63.7 Å². The zero-order chi connectivity index (χ0) is 12.3. The molecule has 0 radical (unpaired) electrons. The summed E-state index contributed by atoms with van der Waals surface area (Å²) < 4.78 is 4.88. The lowest BCUT2D eigenvalue weighted by atomic mass is 10.2. The molecular weight excluding hydrogens is 438 g/mol. The van der Waals surface area contributed by atoms with Crippen molar-refractivity contribution in [1.29, 1.82) is 0 Å². The molecule has 0 bridgehead atoms. The third kappa shape index (κ3) is 3.33. The van der Waals surface area contributed by atoms with Crippen LogP contribution in [0.1, 0.15) is 32.6 Å². The van der Waals surface area contributed by atoms with Crippen LogP contribution in [0.4, 0.5) is 0 Å². The fourth-order valence-electron chi connectivity index (χ4n) is 1.94. The first kappa shape index (κ1) is 13.6. The number of fused-ring (bicyclic) bond motifs is 1. The van der Waals surface area contributed by atoms with Gasteiger partial charge in [0.15, 0.2) is 0 Å².